The number of carbonyl (C=O) groups is 2. The van der Waals surface area contributed by atoms with Crippen LogP contribution in [-0.2, 0) is 9.59 Å². The molecule has 1 heterocycles. The molecule has 0 atom stereocenters. The first kappa shape index (κ1) is 25.2. The van der Waals surface area contributed by atoms with E-state index in [1.807, 2.05) is 47.4 Å². The Labute approximate surface area is 233 Å². The van der Waals surface area contributed by atoms with Crippen molar-refractivity contribution >= 4 is 28.4 Å². The molecule has 3 aromatic rings. The Hall–Kier alpha value is -3.81. The van der Waals surface area contributed by atoms with Crippen molar-refractivity contribution in [1.82, 2.24) is 4.98 Å². The van der Waals surface area contributed by atoms with E-state index in [2.05, 4.69) is 4.98 Å². The summed E-state index contributed by atoms with van der Waals surface area (Å²) < 4.78 is 17.2. The molecule has 5 aliphatic rings. The predicted octanol–water partition coefficient (Wildman–Crippen LogP) is 5.61. The SMILES string of the molecule is COc1cc2nccc(Oc3ccc(N(C(=O)C4(C(N)=O)CC4)C45CC6CC(CC(C6)C4)C5)cc3)c2cc1OC. The molecule has 5 saturated carbocycles. The molecule has 2 aromatic carbocycles. The maximum Gasteiger partial charge on any atom is 0.243 e. The van der Waals surface area contributed by atoms with E-state index in [4.69, 9.17) is 19.9 Å². The van der Waals surface area contributed by atoms with Crippen LogP contribution in [0.1, 0.15) is 51.4 Å². The summed E-state index contributed by atoms with van der Waals surface area (Å²) in [6.45, 7) is 0. The minimum Gasteiger partial charge on any atom is -0.493 e. The van der Waals surface area contributed by atoms with Crippen LogP contribution in [0.5, 0.6) is 23.0 Å². The Morgan fingerprint density at radius 2 is 1.48 bits per heavy atom. The molecule has 8 rings (SSSR count). The van der Waals surface area contributed by atoms with E-state index in [0.717, 1.165) is 35.9 Å². The number of fused-ring (bicyclic) bond motifs is 1. The van der Waals surface area contributed by atoms with Crippen LogP contribution >= 0.6 is 0 Å². The van der Waals surface area contributed by atoms with E-state index in [9.17, 15) is 9.59 Å². The number of anilines is 1. The summed E-state index contributed by atoms with van der Waals surface area (Å²) in [5, 5.41) is 0.798. The van der Waals surface area contributed by atoms with Crippen molar-refractivity contribution in [3.05, 3.63) is 48.7 Å². The minimum atomic E-state index is -1.06. The molecular formula is C32H35N3O5. The molecule has 5 fully saturated rings. The standard InChI is InChI=1S/C32H35N3O5/c1-38-27-14-24-25(15-28(27)39-2)34-10-7-26(24)40-23-5-3-22(4-6-23)35(30(37)32(8-9-32)29(33)36)31-16-19-11-20(17-31)13-21(12-19)18-31/h3-7,10,14-15,19-21H,8-9,11-13,16-18H2,1-2H3,(H2,33,36). The fraction of sp³-hybridized carbons (Fsp3) is 0.469. The molecule has 5 aliphatic carbocycles. The number of benzene rings is 2. The van der Waals surface area contributed by atoms with Crippen molar-refractivity contribution in [3.8, 4) is 23.0 Å². The first-order valence-corrected chi connectivity index (χ1v) is 14.3. The van der Waals surface area contributed by atoms with Gasteiger partial charge in [-0.1, -0.05) is 0 Å². The van der Waals surface area contributed by atoms with Gasteiger partial charge in [-0.3, -0.25) is 14.6 Å². The topological polar surface area (TPSA) is 104 Å². The van der Waals surface area contributed by atoms with Crippen molar-refractivity contribution < 1.29 is 23.8 Å². The number of nitrogens with two attached hydrogens (primary N) is 1. The minimum absolute atomic E-state index is 0.114. The monoisotopic (exact) mass is 541 g/mol. The van der Waals surface area contributed by atoms with Crippen LogP contribution in [0.25, 0.3) is 10.9 Å². The Morgan fingerprint density at radius 1 is 0.875 bits per heavy atom. The summed E-state index contributed by atoms with van der Waals surface area (Å²) in [5.74, 6) is 3.83. The highest BCUT2D eigenvalue weighted by molar-refractivity contribution is 6.14. The first-order chi connectivity index (χ1) is 19.3. The molecule has 4 bridgehead atoms. The highest BCUT2D eigenvalue weighted by Gasteiger charge is 2.62. The van der Waals surface area contributed by atoms with Crippen LogP contribution in [0, 0.1) is 23.2 Å². The summed E-state index contributed by atoms with van der Waals surface area (Å²) in [5.41, 5.74) is 6.05. The second-order valence-corrected chi connectivity index (χ2v) is 12.4. The average molecular weight is 542 g/mol. The quantitative estimate of drug-likeness (QED) is 0.372. The van der Waals surface area contributed by atoms with Crippen LogP contribution < -0.4 is 24.8 Å². The Balaban J connectivity index is 1.23. The number of hydrogen-bond donors (Lipinski definition) is 1. The Bertz CT molecular complexity index is 1460. The largest absolute Gasteiger partial charge is 0.493 e. The fourth-order valence-electron chi connectivity index (χ4n) is 8.18. The van der Waals surface area contributed by atoms with Crippen LogP contribution in [0.3, 0.4) is 0 Å². The molecule has 2 amide bonds. The third-order valence-corrected chi connectivity index (χ3v) is 9.84. The number of amides is 2. The van der Waals surface area contributed by atoms with E-state index < -0.39 is 11.3 Å². The fourth-order valence-corrected chi connectivity index (χ4v) is 8.18. The Morgan fingerprint density at radius 3 is 2.02 bits per heavy atom. The van der Waals surface area contributed by atoms with Gasteiger partial charge in [-0.15, -0.1) is 0 Å². The van der Waals surface area contributed by atoms with Crippen molar-refractivity contribution in [2.24, 2.45) is 28.9 Å². The molecule has 8 nitrogen and oxygen atoms in total. The summed E-state index contributed by atoms with van der Waals surface area (Å²) in [4.78, 5) is 33.1. The lowest BCUT2D eigenvalue weighted by Crippen LogP contribution is -2.64. The molecule has 1 aromatic heterocycles. The number of carbonyl (C=O) groups excluding carboxylic acids is 2. The molecule has 0 unspecified atom stereocenters. The van der Waals surface area contributed by atoms with Crippen LogP contribution in [0.2, 0.25) is 0 Å². The zero-order valence-corrected chi connectivity index (χ0v) is 23.0. The second kappa shape index (κ2) is 9.11. The normalized spacial score (nSPS) is 27.3. The summed E-state index contributed by atoms with van der Waals surface area (Å²) in [6, 6.07) is 13.2. The molecule has 0 radical (unpaired) electrons. The smallest absolute Gasteiger partial charge is 0.243 e. The van der Waals surface area contributed by atoms with Crippen molar-refractivity contribution in [2.75, 3.05) is 19.1 Å². The number of hydrogen-bond acceptors (Lipinski definition) is 6. The van der Waals surface area contributed by atoms with E-state index >= 15 is 0 Å². The number of primary amides is 1. The molecule has 0 aliphatic heterocycles. The second-order valence-electron chi connectivity index (χ2n) is 12.4. The van der Waals surface area contributed by atoms with Gasteiger partial charge in [-0.05, 0) is 106 Å². The molecule has 0 saturated heterocycles. The maximum absolute atomic E-state index is 14.2. The van der Waals surface area contributed by atoms with Gasteiger partial charge in [0, 0.05) is 28.9 Å². The number of nitrogens with zero attached hydrogens (tertiary/aromatic N) is 2. The molecule has 0 spiro atoms. The molecule has 208 valence electrons. The van der Waals surface area contributed by atoms with Gasteiger partial charge in [0.05, 0.1) is 19.7 Å². The van der Waals surface area contributed by atoms with Gasteiger partial charge >= 0.3 is 0 Å². The van der Waals surface area contributed by atoms with Gasteiger partial charge < -0.3 is 24.8 Å². The maximum atomic E-state index is 14.2. The number of methoxy groups -OCH3 is 2. The third-order valence-electron chi connectivity index (χ3n) is 9.84. The lowest BCUT2D eigenvalue weighted by molar-refractivity contribution is -0.135. The average Bonchev–Trinajstić information content (AvgIpc) is 3.75. The van der Waals surface area contributed by atoms with E-state index in [1.54, 1.807) is 20.4 Å². The summed E-state index contributed by atoms with van der Waals surface area (Å²) in [7, 11) is 3.19. The lowest BCUT2D eigenvalue weighted by atomic mass is 9.52. The zero-order chi connectivity index (χ0) is 27.6. The van der Waals surface area contributed by atoms with E-state index in [0.29, 0.717) is 53.6 Å². The number of rotatable bonds is 8. The van der Waals surface area contributed by atoms with Crippen molar-refractivity contribution in [3.63, 3.8) is 0 Å². The van der Waals surface area contributed by atoms with Gasteiger partial charge in [0.25, 0.3) is 0 Å². The predicted molar refractivity (Wildman–Crippen MR) is 151 cm³/mol. The van der Waals surface area contributed by atoms with Crippen molar-refractivity contribution in [1.29, 1.82) is 0 Å². The Kier molecular flexibility index (Phi) is 5.74. The van der Waals surface area contributed by atoms with Crippen LogP contribution in [0.4, 0.5) is 5.69 Å². The van der Waals surface area contributed by atoms with Gasteiger partial charge in [0.2, 0.25) is 11.8 Å². The number of pyridine rings is 1. The number of ether oxygens (including phenoxy) is 3. The van der Waals surface area contributed by atoms with Gasteiger partial charge in [-0.2, -0.15) is 0 Å². The molecule has 2 N–H and O–H groups in total. The zero-order valence-electron chi connectivity index (χ0n) is 23.0. The van der Waals surface area contributed by atoms with Gasteiger partial charge in [0.15, 0.2) is 11.5 Å². The molecule has 40 heavy (non-hydrogen) atoms. The highest BCUT2D eigenvalue weighted by atomic mass is 16.5. The van der Waals surface area contributed by atoms with E-state index in [-0.39, 0.29) is 11.4 Å². The summed E-state index contributed by atoms with van der Waals surface area (Å²) in [6.07, 6.45) is 9.60. The highest BCUT2D eigenvalue weighted by Crippen LogP contribution is 2.60. The van der Waals surface area contributed by atoms with Gasteiger partial charge in [-0.25, -0.2) is 0 Å². The van der Waals surface area contributed by atoms with Gasteiger partial charge in [0.1, 0.15) is 16.9 Å². The van der Waals surface area contributed by atoms with E-state index in [1.165, 1.54) is 19.3 Å². The molecule has 8 heteroatoms. The summed E-state index contributed by atoms with van der Waals surface area (Å²) >= 11 is 0. The van der Waals surface area contributed by atoms with Crippen LogP contribution in [0.15, 0.2) is 48.7 Å². The molecular weight excluding hydrogens is 506 g/mol. The third kappa shape index (κ3) is 3.91. The lowest BCUT2D eigenvalue weighted by Gasteiger charge is -2.60. The van der Waals surface area contributed by atoms with Crippen molar-refractivity contribution in [2.45, 2.75) is 56.9 Å². The number of aromatic nitrogens is 1. The first-order valence-electron chi connectivity index (χ1n) is 14.3. The van der Waals surface area contributed by atoms with Crippen LogP contribution in [-0.4, -0.2) is 36.6 Å².